The Hall–Kier alpha value is -3.33. The lowest BCUT2D eigenvalue weighted by Crippen LogP contribution is -2.27. The van der Waals surface area contributed by atoms with Crippen LogP contribution in [0.4, 0.5) is 9.39 Å². The van der Waals surface area contributed by atoms with Crippen molar-refractivity contribution in [3.63, 3.8) is 0 Å². The van der Waals surface area contributed by atoms with Gasteiger partial charge in [0.2, 0.25) is 5.43 Å². The van der Waals surface area contributed by atoms with Crippen LogP contribution >= 0.6 is 11.3 Å². The number of anilines is 1. The molecule has 0 saturated carbocycles. The molecule has 0 radical (unpaired) electrons. The van der Waals surface area contributed by atoms with E-state index in [-0.39, 0.29) is 5.69 Å². The summed E-state index contributed by atoms with van der Waals surface area (Å²) in [7, 11) is 0. The highest BCUT2D eigenvalue weighted by molar-refractivity contribution is 7.17. The van der Waals surface area contributed by atoms with Crippen LogP contribution in [0.15, 0.2) is 35.1 Å². The molecule has 1 aliphatic rings. The zero-order valence-electron chi connectivity index (χ0n) is 16.9. The molecule has 1 aromatic carbocycles. The van der Waals surface area contributed by atoms with Gasteiger partial charge in [0.1, 0.15) is 16.5 Å². The Bertz CT molecular complexity index is 1250. The van der Waals surface area contributed by atoms with Crippen molar-refractivity contribution >= 4 is 28.2 Å². The van der Waals surface area contributed by atoms with Crippen LogP contribution in [-0.4, -0.2) is 21.6 Å². The minimum Gasteiger partial charge on any atom is -0.365 e. The van der Waals surface area contributed by atoms with E-state index in [1.807, 2.05) is 0 Å². The van der Waals surface area contributed by atoms with Crippen molar-refractivity contribution in [1.29, 1.82) is 0 Å². The molecule has 3 aromatic rings. The standard InChI is InChI=1S/C22H21FN4O3S/c1-12-11-16(28)19(26-27(12)15-9-6-5-8-14(15)23)21(30)25-22-18(20(24)29)13-7-3-2-4-10-17(13)31-22/h5-6,8-9,11H,2-4,7,10H2,1H3,(H2,24,29)(H,25,30). The fraction of sp³-hybridized carbons (Fsp3) is 0.273. The Morgan fingerprint density at radius 3 is 2.68 bits per heavy atom. The summed E-state index contributed by atoms with van der Waals surface area (Å²) >= 11 is 1.31. The number of hydrogen-bond acceptors (Lipinski definition) is 5. The average molecular weight is 441 g/mol. The van der Waals surface area contributed by atoms with E-state index in [1.54, 1.807) is 13.0 Å². The lowest BCUT2D eigenvalue weighted by molar-refractivity contribution is 0.100. The molecule has 0 bridgehead atoms. The van der Waals surface area contributed by atoms with Gasteiger partial charge in [0.05, 0.1) is 5.56 Å². The Balaban J connectivity index is 1.73. The number of aryl methyl sites for hydroxylation is 2. The number of thiophene rings is 1. The number of para-hydroxylation sites is 1. The third-order valence-electron chi connectivity index (χ3n) is 5.30. The number of amides is 2. The largest absolute Gasteiger partial charge is 0.365 e. The van der Waals surface area contributed by atoms with E-state index in [9.17, 15) is 18.8 Å². The van der Waals surface area contributed by atoms with Crippen LogP contribution < -0.4 is 16.5 Å². The van der Waals surface area contributed by atoms with Crippen LogP contribution in [0, 0.1) is 12.7 Å². The summed E-state index contributed by atoms with van der Waals surface area (Å²) < 4.78 is 15.5. The molecule has 2 heterocycles. The van der Waals surface area contributed by atoms with Gasteiger partial charge in [-0.2, -0.15) is 5.10 Å². The Morgan fingerprint density at radius 1 is 1.19 bits per heavy atom. The van der Waals surface area contributed by atoms with E-state index in [0.29, 0.717) is 16.3 Å². The third kappa shape index (κ3) is 4.00. The van der Waals surface area contributed by atoms with Gasteiger partial charge in [0, 0.05) is 16.6 Å². The fourth-order valence-electron chi connectivity index (χ4n) is 3.83. The van der Waals surface area contributed by atoms with Crippen molar-refractivity contribution in [2.24, 2.45) is 5.73 Å². The lowest BCUT2D eigenvalue weighted by Gasteiger charge is -2.12. The first-order chi connectivity index (χ1) is 14.9. The Labute approximate surface area is 181 Å². The molecule has 2 aromatic heterocycles. The molecule has 0 atom stereocenters. The number of benzene rings is 1. The quantitative estimate of drug-likeness (QED) is 0.607. The van der Waals surface area contributed by atoms with Crippen molar-refractivity contribution in [2.45, 2.75) is 39.0 Å². The third-order valence-corrected chi connectivity index (χ3v) is 6.51. The van der Waals surface area contributed by atoms with Crippen molar-refractivity contribution in [1.82, 2.24) is 9.78 Å². The zero-order chi connectivity index (χ0) is 22.1. The maximum absolute atomic E-state index is 14.3. The molecule has 31 heavy (non-hydrogen) atoms. The summed E-state index contributed by atoms with van der Waals surface area (Å²) in [6.45, 7) is 1.60. The van der Waals surface area contributed by atoms with Gasteiger partial charge in [-0.15, -0.1) is 11.3 Å². The van der Waals surface area contributed by atoms with Crippen LogP contribution in [0.1, 0.15) is 56.2 Å². The van der Waals surface area contributed by atoms with E-state index < -0.39 is 28.8 Å². The smallest absolute Gasteiger partial charge is 0.280 e. The maximum Gasteiger partial charge on any atom is 0.280 e. The number of nitrogens with zero attached hydrogens (tertiary/aromatic N) is 2. The summed E-state index contributed by atoms with van der Waals surface area (Å²) in [5.41, 5.74) is 6.30. The molecule has 4 rings (SSSR count). The molecular formula is C22H21FN4O3S. The summed E-state index contributed by atoms with van der Waals surface area (Å²) in [5, 5.41) is 7.08. The maximum atomic E-state index is 14.3. The van der Waals surface area contributed by atoms with Crippen LogP contribution in [0.25, 0.3) is 5.69 Å². The van der Waals surface area contributed by atoms with Crippen molar-refractivity contribution in [3.8, 4) is 5.69 Å². The van der Waals surface area contributed by atoms with Gasteiger partial charge in [-0.05, 0) is 50.3 Å². The highest BCUT2D eigenvalue weighted by Gasteiger charge is 2.26. The van der Waals surface area contributed by atoms with Crippen LogP contribution in [0.3, 0.4) is 0 Å². The molecule has 0 spiro atoms. The van der Waals surface area contributed by atoms with E-state index in [1.165, 1.54) is 40.3 Å². The first-order valence-corrected chi connectivity index (χ1v) is 10.8. The number of primary amides is 1. The SMILES string of the molecule is Cc1cc(=O)c(C(=O)Nc2sc3c(c2C(N)=O)CCCCC3)nn1-c1ccccc1F. The average Bonchev–Trinajstić information content (AvgIpc) is 2.89. The minimum absolute atomic E-state index is 0.120. The molecule has 7 nitrogen and oxygen atoms in total. The first kappa shape index (κ1) is 20.9. The lowest BCUT2D eigenvalue weighted by atomic mass is 10.1. The summed E-state index contributed by atoms with van der Waals surface area (Å²) in [4.78, 5) is 38.6. The summed E-state index contributed by atoms with van der Waals surface area (Å²) in [5.74, 6) is -1.92. The van der Waals surface area contributed by atoms with Gasteiger partial charge in [-0.1, -0.05) is 18.6 Å². The molecule has 160 valence electrons. The number of nitrogens with one attached hydrogen (secondary N) is 1. The number of rotatable bonds is 4. The van der Waals surface area contributed by atoms with E-state index in [2.05, 4.69) is 10.4 Å². The monoisotopic (exact) mass is 440 g/mol. The number of halogens is 1. The second kappa shape index (κ2) is 8.43. The van der Waals surface area contributed by atoms with E-state index >= 15 is 0 Å². The number of nitrogens with two attached hydrogens (primary N) is 1. The molecule has 3 N–H and O–H groups in total. The van der Waals surface area contributed by atoms with Crippen molar-refractivity contribution < 1.29 is 14.0 Å². The predicted molar refractivity (Wildman–Crippen MR) is 117 cm³/mol. The highest BCUT2D eigenvalue weighted by atomic mass is 32.1. The number of carbonyl (C=O) groups excluding carboxylic acids is 2. The second-order valence-corrected chi connectivity index (χ2v) is 8.55. The molecular weight excluding hydrogens is 419 g/mol. The molecule has 0 aliphatic heterocycles. The minimum atomic E-state index is -0.769. The number of hydrogen-bond donors (Lipinski definition) is 2. The molecule has 1 aliphatic carbocycles. The zero-order valence-corrected chi connectivity index (χ0v) is 17.7. The van der Waals surface area contributed by atoms with Crippen molar-refractivity contribution in [2.75, 3.05) is 5.32 Å². The molecule has 0 saturated heterocycles. The topological polar surface area (TPSA) is 107 Å². The molecule has 2 amide bonds. The Morgan fingerprint density at radius 2 is 1.94 bits per heavy atom. The highest BCUT2D eigenvalue weighted by Crippen LogP contribution is 2.37. The molecule has 0 fully saturated rings. The number of carbonyl (C=O) groups is 2. The summed E-state index contributed by atoms with van der Waals surface area (Å²) in [6.07, 6.45) is 4.57. The van der Waals surface area contributed by atoms with Crippen LogP contribution in [-0.2, 0) is 12.8 Å². The molecule has 0 unspecified atom stereocenters. The Kier molecular flexibility index (Phi) is 5.69. The second-order valence-electron chi connectivity index (χ2n) is 7.45. The van der Waals surface area contributed by atoms with Gasteiger partial charge in [0.15, 0.2) is 5.69 Å². The normalized spacial score (nSPS) is 13.4. The van der Waals surface area contributed by atoms with Crippen LogP contribution in [0.5, 0.6) is 0 Å². The van der Waals surface area contributed by atoms with E-state index in [0.717, 1.165) is 42.5 Å². The van der Waals surface area contributed by atoms with Crippen LogP contribution in [0.2, 0.25) is 0 Å². The van der Waals surface area contributed by atoms with Crippen molar-refractivity contribution in [3.05, 3.63) is 73.8 Å². The molecule has 9 heteroatoms. The van der Waals surface area contributed by atoms with E-state index in [4.69, 9.17) is 5.73 Å². The first-order valence-electron chi connectivity index (χ1n) is 9.98. The summed E-state index contributed by atoms with van der Waals surface area (Å²) in [6, 6.07) is 7.17. The van der Waals surface area contributed by atoms with Gasteiger partial charge in [-0.3, -0.25) is 14.4 Å². The fourth-order valence-corrected chi connectivity index (χ4v) is 5.12. The number of aromatic nitrogens is 2. The number of fused-ring (bicyclic) bond motifs is 1. The van der Waals surface area contributed by atoms with Gasteiger partial charge in [-0.25, -0.2) is 9.07 Å². The van der Waals surface area contributed by atoms with Gasteiger partial charge < -0.3 is 11.1 Å². The van der Waals surface area contributed by atoms with Gasteiger partial charge in [0.25, 0.3) is 11.8 Å². The van der Waals surface area contributed by atoms with Gasteiger partial charge >= 0.3 is 0 Å². The predicted octanol–water partition coefficient (Wildman–Crippen LogP) is 3.36.